The molecule has 90 valence electrons. The van der Waals surface area contributed by atoms with Gasteiger partial charge in [-0.1, -0.05) is 29.3 Å². The highest BCUT2D eigenvalue weighted by molar-refractivity contribution is 9.10. The van der Waals surface area contributed by atoms with Crippen molar-refractivity contribution in [1.82, 2.24) is 5.32 Å². The summed E-state index contributed by atoms with van der Waals surface area (Å²) in [6.45, 7) is 4.09. The Kier molecular flexibility index (Phi) is 6.50. The Balaban J connectivity index is 2.26. The molecule has 16 heavy (non-hydrogen) atoms. The largest absolute Gasteiger partial charge is 0.494 e. The van der Waals surface area contributed by atoms with Crippen LogP contribution in [0.25, 0.3) is 0 Å². The van der Waals surface area contributed by atoms with E-state index in [2.05, 4.69) is 28.2 Å². The molecular formula is C13H20BrNO. The molecule has 0 aliphatic heterocycles. The number of ether oxygens (including phenoxy) is 1. The first-order chi connectivity index (χ1) is 7.76. The van der Waals surface area contributed by atoms with E-state index in [9.17, 15) is 0 Å². The van der Waals surface area contributed by atoms with Gasteiger partial charge in [0.1, 0.15) is 5.75 Å². The van der Waals surface area contributed by atoms with E-state index in [1.54, 1.807) is 0 Å². The van der Waals surface area contributed by atoms with Crippen molar-refractivity contribution in [1.29, 1.82) is 0 Å². The molecule has 0 saturated carbocycles. The molecular weight excluding hydrogens is 266 g/mol. The summed E-state index contributed by atoms with van der Waals surface area (Å²) in [7, 11) is 2.00. The van der Waals surface area contributed by atoms with E-state index >= 15 is 0 Å². The van der Waals surface area contributed by atoms with Gasteiger partial charge in [-0.25, -0.2) is 0 Å². The summed E-state index contributed by atoms with van der Waals surface area (Å²) in [6.07, 6.45) is 2.30. The van der Waals surface area contributed by atoms with Gasteiger partial charge >= 0.3 is 0 Å². The monoisotopic (exact) mass is 285 g/mol. The Morgan fingerprint density at radius 3 is 2.56 bits per heavy atom. The van der Waals surface area contributed by atoms with E-state index in [4.69, 9.17) is 4.74 Å². The van der Waals surface area contributed by atoms with Crippen molar-refractivity contribution >= 4 is 15.9 Å². The Morgan fingerprint density at radius 2 is 2.00 bits per heavy atom. The lowest BCUT2D eigenvalue weighted by atomic mass is 10.0. The van der Waals surface area contributed by atoms with Crippen LogP contribution in [0.2, 0.25) is 0 Å². The van der Waals surface area contributed by atoms with Crippen LogP contribution in [0.4, 0.5) is 0 Å². The quantitative estimate of drug-likeness (QED) is 0.828. The first-order valence-electron chi connectivity index (χ1n) is 5.79. The Morgan fingerprint density at radius 1 is 1.31 bits per heavy atom. The normalized spacial score (nSPS) is 12.4. The van der Waals surface area contributed by atoms with Crippen LogP contribution in [-0.4, -0.2) is 20.2 Å². The van der Waals surface area contributed by atoms with Crippen molar-refractivity contribution in [2.24, 2.45) is 5.92 Å². The van der Waals surface area contributed by atoms with Crippen LogP contribution in [0.5, 0.6) is 5.75 Å². The summed E-state index contributed by atoms with van der Waals surface area (Å²) >= 11 is 3.40. The van der Waals surface area contributed by atoms with Crippen molar-refractivity contribution in [2.45, 2.75) is 19.8 Å². The lowest BCUT2D eigenvalue weighted by molar-refractivity contribution is 0.273. The predicted octanol–water partition coefficient (Wildman–Crippen LogP) is 3.46. The highest BCUT2D eigenvalue weighted by atomic mass is 79.9. The summed E-state index contributed by atoms with van der Waals surface area (Å²) in [5, 5.41) is 3.21. The summed E-state index contributed by atoms with van der Waals surface area (Å²) in [5.74, 6) is 1.66. The molecule has 0 amide bonds. The average Bonchev–Trinajstić information content (AvgIpc) is 2.30. The Hall–Kier alpha value is -0.540. The molecule has 2 nitrogen and oxygen atoms in total. The van der Waals surface area contributed by atoms with Crippen LogP contribution in [0.15, 0.2) is 28.7 Å². The molecule has 0 saturated heterocycles. The summed E-state index contributed by atoms with van der Waals surface area (Å²) in [4.78, 5) is 0. The fourth-order valence-electron chi connectivity index (χ4n) is 1.61. The molecule has 1 atom stereocenters. The van der Waals surface area contributed by atoms with E-state index in [0.717, 1.165) is 29.8 Å². The van der Waals surface area contributed by atoms with Crippen molar-refractivity contribution < 1.29 is 4.74 Å². The van der Waals surface area contributed by atoms with E-state index in [1.165, 1.54) is 6.42 Å². The lowest BCUT2D eigenvalue weighted by Gasteiger charge is -2.14. The maximum absolute atomic E-state index is 5.69. The van der Waals surface area contributed by atoms with Crippen LogP contribution in [-0.2, 0) is 0 Å². The molecule has 0 spiro atoms. The maximum atomic E-state index is 5.69. The average molecular weight is 286 g/mol. The second-order valence-corrected chi connectivity index (χ2v) is 4.84. The van der Waals surface area contributed by atoms with E-state index < -0.39 is 0 Å². The zero-order chi connectivity index (χ0) is 11.8. The molecule has 3 heteroatoms. The number of hydrogen-bond acceptors (Lipinski definition) is 2. The first kappa shape index (κ1) is 13.5. The summed E-state index contributed by atoms with van der Waals surface area (Å²) < 4.78 is 6.78. The van der Waals surface area contributed by atoms with Gasteiger partial charge in [0.2, 0.25) is 0 Å². The fraction of sp³-hybridized carbons (Fsp3) is 0.538. The van der Waals surface area contributed by atoms with Crippen molar-refractivity contribution in [3.63, 3.8) is 0 Å². The molecule has 1 aromatic carbocycles. The van der Waals surface area contributed by atoms with Crippen LogP contribution in [0.3, 0.4) is 0 Å². The number of rotatable bonds is 7. The second-order valence-electron chi connectivity index (χ2n) is 3.92. The Bertz CT molecular complexity index is 286. The standard InChI is InChI=1S/C13H20BrNO/c1-3-11(10-15-2)8-9-16-13-6-4-12(14)5-7-13/h4-7,11,15H,3,8-10H2,1-2H3. The maximum Gasteiger partial charge on any atom is 0.119 e. The third kappa shape index (κ3) is 4.99. The SMILES string of the molecule is CCC(CCOc1ccc(Br)cc1)CNC. The van der Waals surface area contributed by atoms with Crippen LogP contribution >= 0.6 is 15.9 Å². The van der Waals surface area contributed by atoms with Gasteiger partial charge in [-0.3, -0.25) is 0 Å². The molecule has 0 bridgehead atoms. The smallest absolute Gasteiger partial charge is 0.119 e. The van der Waals surface area contributed by atoms with Gasteiger partial charge < -0.3 is 10.1 Å². The molecule has 1 rings (SSSR count). The van der Waals surface area contributed by atoms with Gasteiger partial charge in [0.05, 0.1) is 6.61 Å². The van der Waals surface area contributed by atoms with Crippen LogP contribution in [0, 0.1) is 5.92 Å². The minimum absolute atomic E-state index is 0.709. The zero-order valence-electron chi connectivity index (χ0n) is 10.0. The highest BCUT2D eigenvalue weighted by Gasteiger charge is 2.04. The van der Waals surface area contributed by atoms with Gasteiger partial charge in [0.15, 0.2) is 0 Å². The first-order valence-corrected chi connectivity index (χ1v) is 6.58. The molecule has 0 aromatic heterocycles. The van der Waals surface area contributed by atoms with Gasteiger partial charge in [0.25, 0.3) is 0 Å². The topological polar surface area (TPSA) is 21.3 Å². The number of hydrogen-bond donors (Lipinski definition) is 1. The summed E-state index contributed by atoms with van der Waals surface area (Å²) in [6, 6.07) is 7.98. The van der Waals surface area contributed by atoms with Gasteiger partial charge in [-0.2, -0.15) is 0 Å². The van der Waals surface area contributed by atoms with E-state index in [0.29, 0.717) is 5.92 Å². The van der Waals surface area contributed by atoms with Crippen molar-refractivity contribution in [2.75, 3.05) is 20.2 Å². The summed E-state index contributed by atoms with van der Waals surface area (Å²) in [5.41, 5.74) is 0. The zero-order valence-corrected chi connectivity index (χ0v) is 11.6. The highest BCUT2D eigenvalue weighted by Crippen LogP contribution is 2.17. The van der Waals surface area contributed by atoms with Gasteiger partial charge in [-0.15, -0.1) is 0 Å². The number of nitrogens with one attached hydrogen (secondary N) is 1. The van der Waals surface area contributed by atoms with Crippen molar-refractivity contribution in [3.8, 4) is 5.75 Å². The Labute approximate surface area is 107 Å². The molecule has 1 unspecified atom stereocenters. The number of halogens is 1. The minimum Gasteiger partial charge on any atom is -0.494 e. The molecule has 1 aromatic rings. The minimum atomic E-state index is 0.709. The predicted molar refractivity (Wildman–Crippen MR) is 72.0 cm³/mol. The molecule has 0 heterocycles. The van der Waals surface area contributed by atoms with Crippen LogP contribution < -0.4 is 10.1 Å². The molecule has 0 radical (unpaired) electrons. The number of benzene rings is 1. The van der Waals surface area contributed by atoms with E-state index in [-0.39, 0.29) is 0 Å². The second kappa shape index (κ2) is 7.69. The lowest BCUT2D eigenvalue weighted by Crippen LogP contribution is -2.20. The van der Waals surface area contributed by atoms with Crippen LogP contribution in [0.1, 0.15) is 19.8 Å². The molecule has 0 aliphatic carbocycles. The molecule has 0 aliphatic rings. The molecule has 1 N–H and O–H groups in total. The third-order valence-corrected chi connectivity index (χ3v) is 3.21. The van der Waals surface area contributed by atoms with E-state index in [1.807, 2.05) is 31.3 Å². The van der Waals surface area contributed by atoms with Crippen molar-refractivity contribution in [3.05, 3.63) is 28.7 Å². The fourth-order valence-corrected chi connectivity index (χ4v) is 1.88. The van der Waals surface area contributed by atoms with Gasteiger partial charge in [0, 0.05) is 4.47 Å². The third-order valence-electron chi connectivity index (χ3n) is 2.68. The molecule has 0 fully saturated rings. The van der Waals surface area contributed by atoms with Gasteiger partial charge in [-0.05, 0) is 50.2 Å².